The quantitative estimate of drug-likeness (QED) is 0.777. The van der Waals surface area contributed by atoms with E-state index in [-0.39, 0.29) is 30.1 Å². The number of rotatable bonds is 6. The highest BCUT2D eigenvalue weighted by Crippen LogP contribution is 2.17. The molecule has 0 aliphatic heterocycles. The molecule has 0 saturated heterocycles. The Labute approximate surface area is 152 Å². The lowest BCUT2D eigenvalue weighted by atomic mass is 10.1. The number of nitrogens with zero attached hydrogens (tertiary/aromatic N) is 2. The Morgan fingerprint density at radius 3 is 2.36 bits per heavy atom. The van der Waals surface area contributed by atoms with Crippen LogP contribution in [0, 0.1) is 13.8 Å². The molecule has 1 aromatic heterocycles. The summed E-state index contributed by atoms with van der Waals surface area (Å²) in [6.07, 6.45) is 1.54. The summed E-state index contributed by atoms with van der Waals surface area (Å²) in [5.74, 6) is -0.444. The summed E-state index contributed by atoms with van der Waals surface area (Å²) >= 11 is 5.90. The van der Waals surface area contributed by atoms with Crippen LogP contribution in [0.25, 0.3) is 0 Å². The number of hydrogen-bond acceptors (Lipinski definition) is 4. The van der Waals surface area contributed by atoms with Crippen molar-refractivity contribution in [3.05, 3.63) is 52.8 Å². The van der Waals surface area contributed by atoms with E-state index in [0.717, 1.165) is 16.8 Å². The highest BCUT2D eigenvalue weighted by Gasteiger charge is 2.13. The van der Waals surface area contributed by atoms with Gasteiger partial charge in [-0.05, 0) is 50.2 Å². The van der Waals surface area contributed by atoms with Crippen LogP contribution in [0.3, 0.4) is 0 Å². The lowest BCUT2D eigenvalue weighted by Gasteiger charge is -2.17. The number of carbonyl (C=O) groups is 2. The zero-order valence-corrected chi connectivity index (χ0v) is 15.2. The molecule has 0 unspecified atom stereocenters. The van der Waals surface area contributed by atoms with Crippen molar-refractivity contribution in [2.45, 2.75) is 13.8 Å². The molecule has 0 spiro atoms. The predicted octanol–water partition coefficient (Wildman–Crippen LogP) is 2.86. The van der Waals surface area contributed by atoms with Gasteiger partial charge in [0.05, 0.1) is 18.8 Å². The first-order valence-corrected chi connectivity index (χ1v) is 8.19. The summed E-state index contributed by atoms with van der Waals surface area (Å²) in [4.78, 5) is 29.7. The normalized spacial score (nSPS) is 10.6. The topological polar surface area (TPSA) is 74.3 Å². The van der Waals surface area contributed by atoms with Crippen molar-refractivity contribution in [2.24, 2.45) is 0 Å². The van der Waals surface area contributed by atoms with Gasteiger partial charge in [-0.15, -0.1) is 0 Å². The Morgan fingerprint density at radius 2 is 1.72 bits per heavy atom. The Hall–Kier alpha value is -2.44. The van der Waals surface area contributed by atoms with Crippen LogP contribution in [0.15, 0.2) is 36.5 Å². The van der Waals surface area contributed by atoms with Crippen LogP contribution in [0.2, 0.25) is 5.15 Å². The molecule has 6 nitrogen and oxygen atoms in total. The Balaban J connectivity index is 1.85. The number of benzene rings is 1. The number of carbonyl (C=O) groups excluding carboxylic acids is 2. The van der Waals surface area contributed by atoms with Gasteiger partial charge in [0.1, 0.15) is 0 Å². The van der Waals surface area contributed by atoms with Crippen molar-refractivity contribution in [3.8, 4) is 0 Å². The minimum Gasteiger partial charge on any atom is -0.325 e. The number of hydrogen-bond donors (Lipinski definition) is 2. The van der Waals surface area contributed by atoms with Crippen LogP contribution in [-0.2, 0) is 9.59 Å². The van der Waals surface area contributed by atoms with Gasteiger partial charge in [-0.1, -0.05) is 23.7 Å². The maximum absolute atomic E-state index is 12.2. The molecule has 0 bridgehead atoms. The molecule has 25 heavy (non-hydrogen) atoms. The molecule has 7 heteroatoms. The summed E-state index contributed by atoms with van der Waals surface area (Å²) < 4.78 is 0. The molecular weight excluding hydrogens is 340 g/mol. The van der Waals surface area contributed by atoms with E-state index in [4.69, 9.17) is 11.6 Å². The van der Waals surface area contributed by atoms with Crippen LogP contribution in [0.5, 0.6) is 0 Å². The Kier molecular flexibility index (Phi) is 6.50. The van der Waals surface area contributed by atoms with Crippen LogP contribution < -0.4 is 10.6 Å². The van der Waals surface area contributed by atoms with Crippen molar-refractivity contribution < 1.29 is 9.59 Å². The maximum atomic E-state index is 12.2. The summed E-state index contributed by atoms with van der Waals surface area (Å²) in [7, 11) is 1.70. The largest absolute Gasteiger partial charge is 0.325 e. The molecule has 1 heterocycles. The maximum Gasteiger partial charge on any atom is 0.238 e. The van der Waals surface area contributed by atoms with Gasteiger partial charge in [0.2, 0.25) is 11.8 Å². The minimum atomic E-state index is -0.267. The van der Waals surface area contributed by atoms with Gasteiger partial charge < -0.3 is 10.6 Å². The van der Waals surface area contributed by atoms with Crippen molar-refractivity contribution >= 4 is 34.8 Å². The smallest absolute Gasteiger partial charge is 0.238 e. The third kappa shape index (κ3) is 5.85. The van der Waals surface area contributed by atoms with Crippen molar-refractivity contribution in [2.75, 3.05) is 30.8 Å². The predicted molar refractivity (Wildman–Crippen MR) is 99.9 cm³/mol. The molecule has 2 rings (SSSR count). The third-order valence-corrected chi connectivity index (χ3v) is 3.83. The summed E-state index contributed by atoms with van der Waals surface area (Å²) in [5.41, 5.74) is 3.29. The van der Waals surface area contributed by atoms with Crippen molar-refractivity contribution in [1.29, 1.82) is 0 Å². The SMILES string of the molecule is Cc1ccc(C)c(NC(=O)CN(C)CC(=O)Nc2cccnc2Cl)c1. The molecule has 1 aromatic carbocycles. The monoisotopic (exact) mass is 360 g/mol. The first-order chi connectivity index (χ1) is 11.8. The van der Waals surface area contributed by atoms with Gasteiger partial charge in [0.25, 0.3) is 0 Å². The van der Waals surface area contributed by atoms with E-state index in [0.29, 0.717) is 5.69 Å². The third-order valence-electron chi connectivity index (χ3n) is 3.53. The average Bonchev–Trinajstić information content (AvgIpc) is 2.52. The zero-order chi connectivity index (χ0) is 18.4. The highest BCUT2D eigenvalue weighted by molar-refractivity contribution is 6.32. The van der Waals surface area contributed by atoms with Gasteiger partial charge >= 0.3 is 0 Å². The van der Waals surface area contributed by atoms with E-state index in [9.17, 15) is 9.59 Å². The van der Waals surface area contributed by atoms with E-state index in [2.05, 4.69) is 15.6 Å². The fraction of sp³-hybridized carbons (Fsp3) is 0.278. The number of aryl methyl sites for hydroxylation is 2. The average molecular weight is 361 g/mol. The number of likely N-dealkylation sites (N-methyl/N-ethyl adjacent to an activating group) is 1. The first kappa shape index (κ1) is 18.9. The number of anilines is 2. The fourth-order valence-electron chi connectivity index (χ4n) is 2.28. The van der Waals surface area contributed by atoms with Gasteiger partial charge in [0, 0.05) is 11.9 Å². The van der Waals surface area contributed by atoms with E-state index >= 15 is 0 Å². The second-order valence-corrected chi connectivity index (χ2v) is 6.29. The van der Waals surface area contributed by atoms with E-state index < -0.39 is 0 Å². The van der Waals surface area contributed by atoms with Gasteiger partial charge in [-0.2, -0.15) is 0 Å². The Morgan fingerprint density at radius 1 is 1.08 bits per heavy atom. The molecule has 0 atom stereocenters. The zero-order valence-electron chi connectivity index (χ0n) is 14.5. The van der Waals surface area contributed by atoms with Gasteiger partial charge in [0.15, 0.2) is 5.15 Å². The van der Waals surface area contributed by atoms with E-state index in [1.54, 1.807) is 30.3 Å². The van der Waals surface area contributed by atoms with Crippen molar-refractivity contribution in [3.63, 3.8) is 0 Å². The summed E-state index contributed by atoms with van der Waals surface area (Å²) in [6, 6.07) is 9.22. The molecule has 132 valence electrons. The second kappa shape index (κ2) is 8.60. The summed E-state index contributed by atoms with van der Waals surface area (Å²) in [6.45, 7) is 4.06. The first-order valence-electron chi connectivity index (χ1n) is 7.81. The van der Waals surface area contributed by atoms with Crippen LogP contribution in [0.1, 0.15) is 11.1 Å². The van der Waals surface area contributed by atoms with Crippen LogP contribution in [-0.4, -0.2) is 41.8 Å². The second-order valence-electron chi connectivity index (χ2n) is 5.93. The highest BCUT2D eigenvalue weighted by atomic mass is 35.5. The standard InChI is InChI=1S/C18H21ClN4O2/c1-12-6-7-13(2)15(9-12)22-17(25)11-23(3)10-16(24)21-14-5-4-8-20-18(14)19/h4-9H,10-11H2,1-3H3,(H,21,24)(H,22,25). The number of amides is 2. The molecule has 2 aromatic rings. The van der Waals surface area contributed by atoms with Gasteiger partial charge in [-0.25, -0.2) is 4.98 Å². The van der Waals surface area contributed by atoms with Crippen LogP contribution >= 0.6 is 11.6 Å². The molecule has 2 amide bonds. The Bertz CT molecular complexity index is 779. The molecule has 2 N–H and O–H groups in total. The lowest BCUT2D eigenvalue weighted by Crippen LogP contribution is -2.36. The molecule has 0 fully saturated rings. The molecule has 0 aliphatic carbocycles. The van der Waals surface area contributed by atoms with Crippen LogP contribution in [0.4, 0.5) is 11.4 Å². The molecule has 0 aliphatic rings. The number of nitrogens with one attached hydrogen (secondary N) is 2. The molecular formula is C18H21ClN4O2. The van der Waals surface area contributed by atoms with E-state index in [1.165, 1.54) is 0 Å². The van der Waals surface area contributed by atoms with E-state index in [1.807, 2.05) is 32.0 Å². The van der Waals surface area contributed by atoms with Crippen molar-refractivity contribution in [1.82, 2.24) is 9.88 Å². The molecule has 0 radical (unpaired) electrons. The fourth-order valence-corrected chi connectivity index (χ4v) is 2.44. The number of halogens is 1. The molecule has 0 saturated carbocycles. The number of pyridine rings is 1. The summed E-state index contributed by atoms with van der Waals surface area (Å²) in [5, 5.41) is 5.77. The minimum absolute atomic E-state index is 0.0610. The lowest BCUT2D eigenvalue weighted by molar-refractivity contribution is -0.119. The number of aromatic nitrogens is 1. The van der Waals surface area contributed by atoms with Gasteiger partial charge in [-0.3, -0.25) is 14.5 Å².